The second-order valence-electron chi connectivity index (χ2n) is 9.02. The van der Waals surface area contributed by atoms with Gasteiger partial charge in [0.2, 0.25) is 0 Å². The number of benzene rings is 1. The SMILES string of the molecule is CN(C)CCN(C(=O)OC(C)(C)C)c1ccc([N+](=O)[O-])cc1NC(=O)OC(C)(C)C. The number of nitro groups is 1. The van der Waals surface area contributed by atoms with E-state index in [4.69, 9.17) is 9.47 Å². The van der Waals surface area contributed by atoms with Crippen molar-refractivity contribution in [3.63, 3.8) is 0 Å². The summed E-state index contributed by atoms with van der Waals surface area (Å²) in [5, 5.41) is 13.8. The minimum absolute atomic E-state index is 0.0723. The lowest BCUT2D eigenvalue weighted by molar-refractivity contribution is -0.384. The molecule has 1 rings (SSSR count). The second-order valence-corrected chi connectivity index (χ2v) is 9.02. The number of anilines is 2. The Morgan fingerprint density at radius 3 is 2.07 bits per heavy atom. The predicted molar refractivity (Wildman–Crippen MR) is 115 cm³/mol. The van der Waals surface area contributed by atoms with E-state index in [-0.39, 0.29) is 23.6 Å². The summed E-state index contributed by atoms with van der Waals surface area (Å²) in [6.45, 7) is 11.1. The fourth-order valence-electron chi connectivity index (χ4n) is 2.31. The first-order valence-electron chi connectivity index (χ1n) is 9.53. The summed E-state index contributed by atoms with van der Waals surface area (Å²) in [5.74, 6) is 0. The van der Waals surface area contributed by atoms with Crippen LogP contribution in [-0.2, 0) is 9.47 Å². The van der Waals surface area contributed by atoms with Gasteiger partial charge in [-0.1, -0.05) is 0 Å². The van der Waals surface area contributed by atoms with Crippen molar-refractivity contribution >= 4 is 29.2 Å². The normalized spacial score (nSPS) is 11.8. The number of nitrogens with one attached hydrogen (secondary N) is 1. The van der Waals surface area contributed by atoms with Crippen molar-refractivity contribution in [3.8, 4) is 0 Å². The van der Waals surface area contributed by atoms with Crippen LogP contribution >= 0.6 is 0 Å². The highest BCUT2D eigenvalue weighted by molar-refractivity contribution is 5.97. The fourth-order valence-corrected chi connectivity index (χ4v) is 2.31. The molecule has 1 aromatic rings. The molecule has 0 aliphatic carbocycles. The number of carbonyl (C=O) groups is 2. The van der Waals surface area contributed by atoms with Crippen molar-refractivity contribution in [2.75, 3.05) is 37.4 Å². The lowest BCUT2D eigenvalue weighted by Crippen LogP contribution is -2.41. The zero-order chi connectivity index (χ0) is 23.3. The van der Waals surface area contributed by atoms with Crippen LogP contribution in [-0.4, -0.2) is 60.4 Å². The highest BCUT2D eigenvalue weighted by Crippen LogP contribution is 2.32. The van der Waals surface area contributed by atoms with E-state index in [1.807, 2.05) is 19.0 Å². The molecule has 10 nitrogen and oxygen atoms in total. The average molecular weight is 424 g/mol. The van der Waals surface area contributed by atoms with Gasteiger partial charge in [0.05, 0.1) is 16.3 Å². The van der Waals surface area contributed by atoms with Crippen molar-refractivity contribution in [2.24, 2.45) is 0 Å². The van der Waals surface area contributed by atoms with Gasteiger partial charge in [-0.3, -0.25) is 20.3 Å². The molecule has 0 aromatic heterocycles. The van der Waals surface area contributed by atoms with Gasteiger partial charge in [-0.25, -0.2) is 9.59 Å². The maximum atomic E-state index is 12.9. The standard InChI is InChI=1S/C20H32N4O6/c1-19(2,3)29-17(25)21-15-13-14(24(27)28)9-10-16(15)23(12-11-22(7)8)18(26)30-20(4,5)6/h9-10,13H,11-12H2,1-8H3,(H,21,25). The van der Waals surface area contributed by atoms with Crippen LogP contribution in [0.3, 0.4) is 0 Å². The number of nitrogens with zero attached hydrogens (tertiary/aromatic N) is 3. The highest BCUT2D eigenvalue weighted by Gasteiger charge is 2.27. The molecule has 10 heteroatoms. The van der Waals surface area contributed by atoms with Crippen LogP contribution in [0.5, 0.6) is 0 Å². The molecule has 0 atom stereocenters. The monoisotopic (exact) mass is 424 g/mol. The van der Waals surface area contributed by atoms with Gasteiger partial charge in [0.1, 0.15) is 11.2 Å². The van der Waals surface area contributed by atoms with Crippen molar-refractivity contribution < 1.29 is 24.0 Å². The molecule has 0 bridgehead atoms. The zero-order valence-corrected chi connectivity index (χ0v) is 18.9. The molecule has 30 heavy (non-hydrogen) atoms. The van der Waals surface area contributed by atoms with Gasteiger partial charge in [0, 0.05) is 25.2 Å². The van der Waals surface area contributed by atoms with Crippen molar-refractivity contribution in [1.82, 2.24) is 4.90 Å². The number of carbonyl (C=O) groups excluding carboxylic acids is 2. The molecule has 2 amide bonds. The van der Waals surface area contributed by atoms with Gasteiger partial charge < -0.3 is 14.4 Å². The van der Waals surface area contributed by atoms with Gasteiger partial charge in [-0.2, -0.15) is 0 Å². The third-order valence-electron chi connectivity index (χ3n) is 3.50. The summed E-state index contributed by atoms with van der Waals surface area (Å²) >= 11 is 0. The van der Waals surface area contributed by atoms with Gasteiger partial charge in [-0.15, -0.1) is 0 Å². The Labute approximate surface area is 177 Å². The average Bonchev–Trinajstić information content (AvgIpc) is 2.52. The molecular formula is C20H32N4O6. The second kappa shape index (κ2) is 9.75. The van der Waals surface area contributed by atoms with Crippen LogP contribution in [0.25, 0.3) is 0 Å². The fraction of sp³-hybridized carbons (Fsp3) is 0.600. The molecule has 0 radical (unpaired) electrons. The molecule has 0 heterocycles. The maximum absolute atomic E-state index is 12.9. The molecule has 1 aromatic carbocycles. The molecule has 0 aliphatic rings. The lowest BCUT2D eigenvalue weighted by Gasteiger charge is -2.29. The number of ether oxygens (including phenoxy) is 2. The largest absolute Gasteiger partial charge is 0.444 e. The van der Waals surface area contributed by atoms with Crippen molar-refractivity contribution in [3.05, 3.63) is 28.3 Å². The van der Waals surface area contributed by atoms with Crippen molar-refractivity contribution in [2.45, 2.75) is 52.7 Å². The molecule has 0 saturated heterocycles. The predicted octanol–water partition coefficient (Wildman–Crippen LogP) is 4.24. The molecular weight excluding hydrogens is 392 g/mol. The van der Waals surface area contributed by atoms with E-state index in [0.29, 0.717) is 6.54 Å². The first-order chi connectivity index (χ1) is 13.6. The van der Waals surface area contributed by atoms with E-state index in [1.54, 1.807) is 41.5 Å². The molecule has 0 fully saturated rings. The Balaban J connectivity index is 3.39. The Kier molecular flexibility index (Phi) is 8.17. The van der Waals surface area contributed by atoms with E-state index < -0.39 is 28.3 Å². The van der Waals surface area contributed by atoms with Gasteiger partial charge in [0.15, 0.2) is 0 Å². The summed E-state index contributed by atoms with van der Waals surface area (Å²) in [6.07, 6.45) is -1.42. The third-order valence-corrected chi connectivity index (χ3v) is 3.50. The summed E-state index contributed by atoms with van der Waals surface area (Å²) in [5.41, 5.74) is -1.40. The van der Waals surface area contributed by atoms with E-state index in [2.05, 4.69) is 5.32 Å². The molecule has 1 N–H and O–H groups in total. The minimum Gasteiger partial charge on any atom is -0.444 e. The van der Waals surface area contributed by atoms with Gasteiger partial charge >= 0.3 is 12.2 Å². The molecule has 0 aliphatic heterocycles. The first-order valence-corrected chi connectivity index (χ1v) is 9.53. The van der Waals surface area contributed by atoms with E-state index in [9.17, 15) is 19.7 Å². The van der Waals surface area contributed by atoms with Crippen LogP contribution < -0.4 is 10.2 Å². The van der Waals surface area contributed by atoms with Crippen LogP contribution in [0.4, 0.5) is 26.7 Å². The molecule has 168 valence electrons. The maximum Gasteiger partial charge on any atom is 0.414 e. The van der Waals surface area contributed by atoms with E-state index in [1.165, 1.54) is 23.1 Å². The van der Waals surface area contributed by atoms with Gasteiger partial charge in [-0.05, 0) is 61.7 Å². The Bertz CT molecular complexity index is 780. The number of hydrogen-bond donors (Lipinski definition) is 1. The van der Waals surface area contributed by atoms with Gasteiger partial charge in [0.25, 0.3) is 5.69 Å². The quantitative estimate of drug-likeness (QED) is 0.536. The highest BCUT2D eigenvalue weighted by atomic mass is 16.6. The Hall–Kier alpha value is -2.88. The Morgan fingerprint density at radius 2 is 1.60 bits per heavy atom. The number of hydrogen-bond acceptors (Lipinski definition) is 7. The van der Waals surface area contributed by atoms with E-state index in [0.717, 1.165) is 0 Å². The summed E-state index contributed by atoms with van der Waals surface area (Å²) in [4.78, 5) is 39.0. The molecule has 0 unspecified atom stereocenters. The number of rotatable bonds is 6. The van der Waals surface area contributed by atoms with Crippen LogP contribution in [0.2, 0.25) is 0 Å². The number of non-ortho nitro benzene ring substituents is 1. The van der Waals surface area contributed by atoms with Crippen LogP contribution in [0.15, 0.2) is 18.2 Å². The lowest BCUT2D eigenvalue weighted by atomic mass is 10.2. The number of amides is 2. The number of likely N-dealkylation sites (N-methyl/N-ethyl adjacent to an activating group) is 1. The van der Waals surface area contributed by atoms with E-state index >= 15 is 0 Å². The van der Waals surface area contributed by atoms with Crippen molar-refractivity contribution in [1.29, 1.82) is 0 Å². The Morgan fingerprint density at radius 1 is 1.03 bits per heavy atom. The number of nitro benzene ring substituents is 1. The molecule has 0 spiro atoms. The topological polar surface area (TPSA) is 114 Å². The summed E-state index contributed by atoms with van der Waals surface area (Å²) in [7, 11) is 3.70. The third kappa shape index (κ3) is 8.64. The summed E-state index contributed by atoms with van der Waals surface area (Å²) in [6, 6.07) is 3.86. The first kappa shape index (κ1) is 25.2. The smallest absolute Gasteiger partial charge is 0.414 e. The van der Waals surface area contributed by atoms with Crippen LogP contribution in [0.1, 0.15) is 41.5 Å². The minimum atomic E-state index is -0.791. The molecule has 0 saturated carbocycles. The summed E-state index contributed by atoms with van der Waals surface area (Å²) < 4.78 is 10.7. The van der Waals surface area contributed by atoms with Crippen LogP contribution in [0, 0.1) is 10.1 Å². The zero-order valence-electron chi connectivity index (χ0n) is 18.9.